The van der Waals surface area contributed by atoms with Gasteiger partial charge in [0.05, 0.1) is 9.80 Å². The van der Waals surface area contributed by atoms with Crippen molar-refractivity contribution in [2.75, 3.05) is 39.3 Å². The fraction of sp³-hybridized carbons (Fsp3) is 0.273. The van der Waals surface area contributed by atoms with Crippen molar-refractivity contribution in [1.29, 1.82) is 0 Å². The summed E-state index contributed by atoms with van der Waals surface area (Å²) >= 11 is 1.07. The molecule has 0 aliphatic carbocycles. The molecule has 1 aliphatic heterocycles. The fourth-order valence-electron chi connectivity index (χ4n) is 2.91. The lowest BCUT2D eigenvalue weighted by Gasteiger charge is -2.15. The van der Waals surface area contributed by atoms with Crippen LogP contribution in [-0.2, 0) is 19.6 Å². The van der Waals surface area contributed by atoms with Gasteiger partial charge in [-0.2, -0.15) is 8.42 Å². The molecule has 2 aromatic carbocycles. The zero-order chi connectivity index (χ0) is 22.4. The van der Waals surface area contributed by atoms with Crippen LogP contribution in [0.15, 0.2) is 68.8 Å². The Hall–Kier alpha value is -2.62. The van der Waals surface area contributed by atoms with Crippen molar-refractivity contribution in [3.05, 3.63) is 65.1 Å². The lowest BCUT2D eigenvalue weighted by atomic mass is 10.2. The third kappa shape index (κ3) is 5.75. The first-order valence-corrected chi connectivity index (χ1v) is 12.0. The van der Waals surface area contributed by atoms with Gasteiger partial charge in [-0.25, -0.2) is 0 Å². The van der Waals surface area contributed by atoms with Crippen LogP contribution in [0.25, 0.3) is 6.08 Å². The summed E-state index contributed by atoms with van der Waals surface area (Å²) in [4.78, 5) is 16.9. The smallest absolute Gasteiger partial charge is 0.284 e. The van der Waals surface area contributed by atoms with E-state index in [1.807, 2.05) is 43.3 Å². The number of sulfonamides is 1. The van der Waals surface area contributed by atoms with Crippen LogP contribution >= 0.6 is 11.8 Å². The van der Waals surface area contributed by atoms with Crippen LogP contribution in [-0.4, -0.2) is 58.7 Å². The highest BCUT2D eigenvalue weighted by Gasteiger charge is 2.34. The zero-order valence-electron chi connectivity index (χ0n) is 17.7. The third-order valence-corrected chi connectivity index (χ3v) is 6.97. The molecular weight excluding hydrogens is 434 g/mol. The van der Waals surface area contributed by atoms with Crippen molar-refractivity contribution in [2.24, 2.45) is 4.40 Å². The number of rotatable bonds is 8. The Kier molecular flexibility index (Phi) is 7.53. The molecule has 0 saturated carbocycles. The van der Waals surface area contributed by atoms with Gasteiger partial charge in [0.1, 0.15) is 0 Å². The molecule has 0 radical (unpaired) electrons. The molecule has 0 unspecified atom stereocenters. The van der Waals surface area contributed by atoms with Crippen LogP contribution in [0.2, 0.25) is 0 Å². The molecule has 31 heavy (non-hydrogen) atoms. The molecule has 2 aromatic rings. The summed E-state index contributed by atoms with van der Waals surface area (Å²) in [5.74, 6) is -0.264. The minimum atomic E-state index is -3.93. The van der Waals surface area contributed by atoms with Gasteiger partial charge in [-0.05, 0) is 54.1 Å². The Labute approximate surface area is 187 Å². The van der Waals surface area contributed by atoms with Gasteiger partial charge in [-0.15, -0.1) is 4.40 Å². The molecular formula is C22H25N3O4S2. The summed E-state index contributed by atoms with van der Waals surface area (Å²) in [5.41, 5.74) is 1.90. The number of amidine groups is 1. The molecule has 1 amide bonds. The third-order valence-electron chi connectivity index (χ3n) is 4.56. The van der Waals surface area contributed by atoms with Crippen molar-refractivity contribution in [1.82, 2.24) is 4.90 Å². The Bertz CT molecular complexity index is 1080. The van der Waals surface area contributed by atoms with Crippen molar-refractivity contribution < 1.29 is 17.9 Å². The Morgan fingerprint density at radius 2 is 1.77 bits per heavy atom. The summed E-state index contributed by atoms with van der Waals surface area (Å²) in [6, 6.07) is 15.7. The number of ether oxygens (including phenoxy) is 1. The number of hydrogen-bond acceptors (Lipinski definition) is 6. The number of carbonyl (C=O) groups is 1. The number of thioether (sulfide) groups is 1. The second-order valence-corrected chi connectivity index (χ2v) is 9.67. The summed E-state index contributed by atoms with van der Waals surface area (Å²) in [6.07, 6.45) is 2.32. The van der Waals surface area contributed by atoms with Crippen LogP contribution in [0.5, 0.6) is 0 Å². The number of methoxy groups -OCH3 is 1. The van der Waals surface area contributed by atoms with Crippen LogP contribution in [0, 0.1) is 0 Å². The van der Waals surface area contributed by atoms with Crippen LogP contribution in [0.4, 0.5) is 5.69 Å². The fourth-order valence-corrected chi connectivity index (χ4v) is 5.14. The molecule has 0 spiro atoms. The monoisotopic (exact) mass is 459 g/mol. The summed E-state index contributed by atoms with van der Waals surface area (Å²) < 4.78 is 34.6. The quantitative estimate of drug-likeness (QED) is 0.444. The van der Waals surface area contributed by atoms with E-state index in [1.165, 1.54) is 17.0 Å². The maximum Gasteiger partial charge on any atom is 0.284 e. The van der Waals surface area contributed by atoms with Gasteiger partial charge < -0.3 is 9.64 Å². The molecule has 1 heterocycles. The largest absolute Gasteiger partial charge is 0.385 e. The van der Waals surface area contributed by atoms with Crippen molar-refractivity contribution >= 4 is 44.6 Å². The maximum atomic E-state index is 13.0. The van der Waals surface area contributed by atoms with Gasteiger partial charge in [-0.1, -0.05) is 30.3 Å². The van der Waals surface area contributed by atoms with Gasteiger partial charge in [-0.3, -0.25) is 9.69 Å². The number of nitrogens with zero attached hydrogens (tertiary/aromatic N) is 3. The summed E-state index contributed by atoms with van der Waals surface area (Å²) in [5, 5.41) is 0.154. The van der Waals surface area contributed by atoms with E-state index in [1.54, 1.807) is 31.4 Å². The molecule has 164 valence electrons. The summed E-state index contributed by atoms with van der Waals surface area (Å²) in [7, 11) is 1.56. The standard InChI is InChI=1S/C22H25N3O4S2/c1-24(2)18-12-10-17(11-13-18)16-20-21(26)25(14-7-15-29-3)22(30-20)23-31(27,28)19-8-5-4-6-9-19/h4-6,8-13,16H,7,14-15H2,1-3H3/b20-16-,23-22-. The molecule has 3 rings (SSSR count). The predicted octanol–water partition coefficient (Wildman–Crippen LogP) is 3.45. The molecule has 1 fully saturated rings. The van der Waals surface area contributed by atoms with Gasteiger partial charge in [0.25, 0.3) is 15.9 Å². The van der Waals surface area contributed by atoms with Gasteiger partial charge in [0.15, 0.2) is 5.17 Å². The van der Waals surface area contributed by atoms with E-state index in [0.29, 0.717) is 24.5 Å². The van der Waals surface area contributed by atoms with E-state index in [2.05, 4.69) is 4.40 Å². The lowest BCUT2D eigenvalue weighted by Crippen LogP contribution is -2.31. The first kappa shape index (κ1) is 23.1. The van der Waals surface area contributed by atoms with Crippen molar-refractivity contribution in [2.45, 2.75) is 11.3 Å². The second-order valence-electron chi connectivity index (χ2n) is 7.06. The van der Waals surface area contributed by atoms with Crippen LogP contribution < -0.4 is 4.90 Å². The molecule has 1 saturated heterocycles. The number of anilines is 1. The average Bonchev–Trinajstić information content (AvgIpc) is 3.03. The van der Waals surface area contributed by atoms with Crippen LogP contribution in [0.1, 0.15) is 12.0 Å². The van der Waals surface area contributed by atoms with Crippen molar-refractivity contribution in [3.8, 4) is 0 Å². The van der Waals surface area contributed by atoms with Crippen molar-refractivity contribution in [3.63, 3.8) is 0 Å². The van der Waals surface area contributed by atoms with E-state index in [-0.39, 0.29) is 16.0 Å². The van der Waals surface area contributed by atoms with Gasteiger partial charge >= 0.3 is 0 Å². The first-order valence-electron chi connectivity index (χ1n) is 9.69. The first-order chi connectivity index (χ1) is 14.8. The van der Waals surface area contributed by atoms with E-state index in [4.69, 9.17) is 4.74 Å². The molecule has 0 aromatic heterocycles. The van der Waals surface area contributed by atoms with Gasteiger partial charge in [0.2, 0.25) is 0 Å². The molecule has 0 N–H and O–H groups in total. The molecule has 0 atom stereocenters. The Morgan fingerprint density at radius 3 is 2.39 bits per heavy atom. The number of hydrogen-bond donors (Lipinski definition) is 0. The van der Waals surface area contributed by atoms with E-state index in [0.717, 1.165) is 23.0 Å². The molecule has 7 nitrogen and oxygen atoms in total. The van der Waals surface area contributed by atoms with E-state index in [9.17, 15) is 13.2 Å². The van der Waals surface area contributed by atoms with Gasteiger partial charge in [0, 0.05) is 40.0 Å². The molecule has 0 bridgehead atoms. The highest BCUT2D eigenvalue weighted by Crippen LogP contribution is 2.34. The Balaban J connectivity index is 1.93. The number of carbonyl (C=O) groups excluding carboxylic acids is 1. The highest BCUT2D eigenvalue weighted by molar-refractivity contribution is 8.19. The van der Waals surface area contributed by atoms with E-state index >= 15 is 0 Å². The molecule has 9 heteroatoms. The second kappa shape index (κ2) is 10.1. The molecule has 1 aliphatic rings. The minimum Gasteiger partial charge on any atom is -0.385 e. The number of amides is 1. The summed E-state index contributed by atoms with van der Waals surface area (Å²) in [6.45, 7) is 0.776. The maximum absolute atomic E-state index is 13.0. The number of benzene rings is 2. The normalized spacial score (nSPS) is 17.0. The SMILES string of the molecule is COCCCN1C(=O)/C(=C/c2ccc(N(C)C)cc2)S/C1=N\S(=O)(=O)c1ccccc1. The highest BCUT2D eigenvalue weighted by atomic mass is 32.2. The topological polar surface area (TPSA) is 79.3 Å². The Morgan fingerprint density at radius 1 is 1.10 bits per heavy atom. The minimum absolute atomic E-state index is 0.0871. The van der Waals surface area contributed by atoms with E-state index < -0.39 is 10.0 Å². The zero-order valence-corrected chi connectivity index (χ0v) is 19.3. The predicted molar refractivity (Wildman–Crippen MR) is 126 cm³/mol. The lowest BCUT2D eigenvalue weighted by molar-refractivity contribution is -0.122. The van der Waals surface area contributed by atoms with Crippen LogP contribution in [0.3, 0.4) is 0 Å². The average molecular weight is 460 g/mol.